The van der Waals surface area contributed by atoms with E-state index in [1.54, 1.807) is 6.92 Å². The van der Waals surface area contributed by atoms with E-state index >= 15 is 0 Å². The number of carbonyl (C=O) groups excluding carboxylic acids is 2. The predicted molar refractivity (Wildman–Crippen MR) is 79.5 cm³/mol. The molecule has 26 heavy (non-hydrogen) atoms. The molecule has 4 rings (SSSR count). The minimum atomic E-state index is -4.80. The molecular weight excluding hydrogens is 353 g/mol. The van der Waals surface area contributed by atoms with Crippen molar-refractivity contribution in [3.05, 3.63) is 29.3 Å². The summed E-state index contributed by atoms with van der Waals surface area (Å²) in [6.07, 6.45) is -6.35. The number of nitriles is 1. The molecule has 3 fully saturated rings. The van der Waals surface area contributed by atoms with Crippen molar-refractivity contribution >= 4 is 17.5 Å². The number of fused-ring (bicyclic) bond motifs is 5. The highest BCUT2D eigenvalue weighted by molar-refractivity contribution is 6.23. The van der Waals surface area contributed by atoms with Gasteiger partial charge in [-0.25, -0.2) is 4.90 Å². The smallest absolute Gasteiger partial charge is 0.390 e. The Morgan fingerprint density at radius 1 is 1.35 bits per heavy atom. The van der Waals surface area contributed by atoms with Gasteiger partial charge >= 0.3 is 6.18 Å². The number of hydrogen-bond acceptors (Lipinski definition) is 5. The van der Waals surface area contributed by atoms with E-state index in [2.05, 4.69) is 0 Å². The number of aliphatic hydroxyl groups is 1. The van der Waals surface area contributed by atoms with Crippen molar-refractivity contribution < 1.29 is 32.6 Å². The average molecular weight is 366 g/mol. The Balaban J connectivity index is 1.78. The number of aliphatic hydroxyl groups excluding tert-OH is 1. The maximum atomic E-state index is 13.2. The molecule has 2 bridgehead atoms. The minimum absolute atomic E-state index is 0.187. The van der Waals surface area contributed by atoms with Crippen LogP contribution in [0.1, 0.15) is 24.5 Å². The molecule has 0 radical (unpaired) electrons. The van der Waals surface area contributed by atoms with Gasteiger partial charge in [0.2, 0.25) is 11.8 Å². The van der Waals surface area contributed by atoms with Crippen LogP contribution in [0.4, 0.5) is 18.9 Å². The SMILES string of the molecule is CC12CC(O)C(O1)C1C(=O)N(c3ccc(C#N)c(C(F)(F)F)c3)C(=O)C12. The van der Waals surface area contributed by atoms with E-state index in [4.69, 9.17) is 10.00 Å². The Morgan fingerprint density at radius 2 is 2.04 bits per heavy atom. The van der Waals surface area contributed by atoms with E-state index in [0.29, 0.717) is 6.07 Å². The lowest BCUT2D eigenvalue weighted by Crippen LogP contribution is -2.42. The second-order valence-corrected chi connectivity index (χ2v) is 7.02. The summed E-state index contributed by atoms with van der Waals surface area (Å²) in [5.74, 6) is -3.09. The summed E-state index contributed by atoms with van der Waals surface area (Å²) < 4.78 is 45.2. The summed E-state index contributed by atoms with van der Waals surface area (Å²) in [6, 6.07) is 4.18. The second-order valence-electron chi connectivity index (χ2n) is 7.02. The van der Waals surface area contributed by atoms with Crippen molar-refractivity contribution in [2.45, 2.75) is 37.3 Å². The Morgan fingerprint density at radius 3 is 2.65 bits per heavy atom. The van der Waals surface area contributed by atoms with E-state index in [-0.39, 0.29) is 12.1 Å². The molecule has 5 unspecified atom stereocenters. The first kappa shape index (κ1) is 17.0. The lowest BCUT2D eigenvalue weighted by atomic mass is 9.73. The highest BCUT2D eigenvalue weighted by atomic mass is 19.4. The van der Waals surface area contributed by atoms with Crippen LogP contribution in [0.5, 0.6) is 0 Å². The van der Waals surface area contributed by atoms with Crippen molar-refractivity contribution in [2.24, 2.45) is 11.8 Å². The highest BCUT2D eigenvalue weighted by Gasteiger charge is 2.70. The summed E-state index contributed by atoms with van der Waals surface area (Å²) in [4.78, 5) is 26.3. The molecule has 136 valence electrons. The molecule has 3 saturated heterocycles. The molecule has 0 aliphatic carbocycles. The first-order valence-corrected chi connectivity index (χ1v) is 7.93. The van der Waals surface area contributed by atoms with Crippen LogP contribution in [0.3, 0.4) is 0 Å². The number of nitrogens with zero attached hydrogens (tertiary/aromatic N) is 2. The Kier molecular flexibility index (Phi) is 3.30. The topological polar surface area (TPSA) is 90.6 Å². The van der Waals surface area contributed by atoms with Crippen LogP contribution in [0.15, 0.2) is 18.2 Å². The first-order chi connectivity index (χ1) is 12.1. The van der Waals surface area contributed by atoms with Crippen LogP contribution in [-0.2, 0) is 20.5 Å². The van der Waals surface area contributed by atoms with Gasteiger partial charge in [0.15, 0.2) is 0 Å². The van der Waals surface area contributed by atoms with Crippen LogP contribution < -0.4 is 4.90 Å². The molecule has 1 aromatic rings. The van der Waals surface area contributed by atoms with Crippen LogP contribution >= 0.6 is 0 Å². The lowest BCUT2D eigenvalue weighted by molar-refractivity contribution is -0.138. The van der Waals surface area contributed by atoms with Gasteiger partial charge in [0.25, 0.3) is 0 Å². The average Bonchev–Trinajstić information content (AvgIpc) is 3.12. The highest BCUT2D eigenvalue weighted by Crippen LogP contribution is 2.55. The number of imide groups is 1. The molecule has 3 heterocycles. The molecule has 0 saturated carbocycles. The number of alkyl halides is 3. The number of hydrogen-bond donors (Lipinski definition) is 1. The third kappa shape index (κ3) is 2.06. The van der Waals surface area contributed by atoms with Gasteiger partial charge in [-0.15, -0.1) is 0 Å². The minimum Gasteiger partial charge on any atom is -0.390 e. The molecular formula is C17H13F3N2O4. The molecule has 1 aromatic carbocycles. The maximum Gasteiger partial charge on any atom is 0.417 e. The van der Waals surface area contributed by atoms with Gasteiger partial charge in [-0.05, 0) is 25.1 Å². The molecule has 0 spiro atoms. The van der Waals surface area contributed by atoms with Crippen LogP contribution in [-0.4, -0.2) is 34.7 Å². The summed E-state index contributed by atoms with van der Waals surface area (Å²) in [5.41, 5.74) is -3.06. The Bertz CT molecular complexity index is 878. The summed E-state index contributed by atoms with van der Waals surface area (Å²) >= 11 is 0. The lowest BCUT2D eigenvalue weighted by Gasteiger charge is -2.27. The van der Waals surface area contributed by atoms with Crippen LogP contribution in [0, 0.1) is 23.2 Å². The van der Waals surface area contributed by atoms with Gasteiger partial charge < -0.3 is 9.84 Å². The van der Waals surface area contributed by atoms with E-state index in [1.807, 2.05) is 0 Å². The van der Waals surface area contributed by atoms with Gasteiger partial charge in [-0.3, -0.25) is 9.59 Å². The van der Waals surface area contributed by atoms with E-state index < -0.39 is 58.8 Å². The maximum absolute atomic E-state index is 13.2. The van der Waals surface area contributed by atoms with E-state index in [9.17, 15) is 27.9 Å². The molecule has 3 aliphatic heterocycles. The Hall–Kier alpha value is -2.44. The van der Waals surface area contributed by atoms with Gasteiger partial charge in [0.05, 0.1) is 52.5 Å². The van der Waals surface area contributed by atoms with Gasteiger partial charge in [0, 0.05) is 6.42 Å². The fraction of sp³-hybridized carbons (Fsp3) is 0.471. The quantitative estimate of drug-likeness (QED) is 0.763. The summed E-state index contributed by atoms with van der Waals surface area (Å²) in [6.45, 7) is 1.62. The predicted octanol–water partition coefficient (Wildman–Crippen LogP) is 1.60. The van der Waals surface area contributed by atoms with Gasteiger partial charge in [-0.2, -0.15) is 18.4 Å². The zero-order valence-electron chi connectivity index (χ0n) is 13.4. The number of ether oxygens (including phenoxy) is 1. The number of benzene rings is 1. The number of carbonyl (C=O) groups is 2. The standard InChI is InChI=1S/C17H13F3N2O4/c1-16-5-10(23)13(26-16)11-12(16)15(25)22(14(11)24)8-3-2-7(6-21)9(4-8)17(18,19)20/h2-4,10-13,23H,5H2,1H3. The van der Waals surface area contributed by atoms with Crippen molar-refractivity contribution in [3.63, 3.8) is 0 Å². The number of halogens is 3. The van der Waals surface area contributed by atoms with E-state index in [0.717, 1.165) is 17.0 Å². The van der Waals surface area contributed by atoms with Gasteiger partial charge in [-0.1, -0.05) is 0 Å². The van der Waals surface area contributed by atoms with Crippen LogP contribution in [0.2, 0.25) is 0 Å². The molecule has 0 aromatic heterocycles. The van der Waals surface area contributed by atoms with Crippen molar-refractivity contribution in [3.8, 4) is 6.07 Å². The van der Waals surface area contributed by atoms with E-state index in [1.165, 1.54) is 6.07 Å². The summed E-state index contributed by atoms with van der Waals surface area (Å²) in [5, 5.41) is 18.9. The Labute approximate surface area is 145 Å². The molecule has 1 N–H and O–H groups in total. The van der Waals surface area contributed by atoms with Crippen molar-refractivity contribution in [2.75, 3.05) is 4.90 Å². The van der Waals surface area contributed by atoms with Crippen molar-refractivity contribution in [1.29, 1.82) is 5.26 Å². The molecule has 2 amide bonds. The zero-order chi connectivity index (χ0) is 19.0. The summed E-state index contributed by atoms with van der Waals surface area (Å²) in [7, 11) is 0. The van der Waals surface area contributed by atoms with Crippen LogP contribution in [0.25, 0.3) is 0 Å². The molecule has 3 aliphatic rings. The molecule has 6 nitrogen and oxygen atoms in total. The molecule has 9 heteroatoms. The fourth-order valence-corrected chi connectivity index (χ4v) is 4.40. The second kappa shape index (κ2) is 5.05. The van der Waals surface area contributed by atoms with Gasteiger partial charge in [0.1, 0.15) is 0 Å². The third-order valence-electron chi connectivity index (χ3n) is 5.45. The largest absolute Gasteiger partial charge is 0.417 e. The normalized spacial score (nSPS) is 35.8. The number of anilines is 1. The van der Waals surface area contributed by atoms with Crippen molar-refractivity contribution in [1.82, 2.24) is 0 Å². The number of amides is 2. The third-order valence-corrected chi connectivity index (χ3v) is 5.45. The molecule has 5 atom stereocenters. The number of rotatable bonds is 1. The zero-order valence-corrected chi connectivity index (χ0v) is 13.4. The fourth-order valence-electron chi connectivity index (χ4n) is 4.40. The monoisotopic (exact) mass is 366 g/mol. The first-order valence-electron chi connectivity index (χ1n) is 7.93.